The van der Waals surface area contributed by atoms with Gasteiger partial charge in [0.05, 0.1) is 5.52 Å². The van der Waals surface area contributed by atoms with E-state index >= 15 is 0 Å². The molecule has 0 saturated carbocycles. The summed E-state index contributed by atoms with van der Waals surface area (Å²) in [5.41, 5.74) is 5.31. The maximum Gasteiger partial charge on any atom is 0.195 e. The molecule has 0 saturated heterocycles. The van der Waals surface area contributed by atoms with E-state index in [1.165, 1.54) is 0 Å². The third-order valence-electron chi connectivity index (χ3n) is 5.83. The van der Waals surface area contributed by atoms with Gasteiger partial charge in [-0.1, -0.05) is 72.8 Å². The van der Waals surface area contributed by atoms with Gasteiger partial charge in [-0.05, 0) is 30.7 Å². The van der Waals surface area contributed by atoms with E-state index in [0.29, 0.717) is 22.3 Å². The highest BCUT2D eigenvalue weighted by molar-refractivity contribution is 6.23. The standard InChI is InChI=1S/C28H21NO2/c1-18-13-14-22-23-16-21(27(30)19-9-5-3-6-10-19)17-24(26(23)29(2)25(22)15-18)28(31)20-11-7-4-8-12-20/h3-17H,1-2H3. The van der Waals surface area contributed by atoms with Crippen LogP contribution in [0.15, 0.2) is 91.0 Å². The van der Waals surface area contributed by atoms with Gasteiger partial charge in [0.25, 0.3) is 0 Å². The van der Waals surface area contributed by atoms with Crippen molar-refractivity contribution in [3.05, 3.63) is 119 Å². The lowest BCUT2D eigenvalue weighted by Gasteiger charge is -2.10. The highest BCUT2D eigenvalue weighted by Gasteiger charge is 2.21. The molecule has 0 amide bonds. The molecule has 4 aromatic carbocycles. The molecule has 1 heterocycles. The third kappa shape index (κ3) is 3.15. The zero-order chi connectivity index (χ0) is 21.5. The predicted molar refractivity (Wildman–Crippen MR) is 125 cm³/mol. The van der Waals surface area contributed by atoms with E-state index in [0.717, 1.165) is 27.4 Å². The lowest BCUT2D eigenvalue weighted by molar-refractivity contribution is 0.103. The Bertz CT molecular complexity index is 1460. The van der Waals surface area contributed by atoms with Crippen molar-refractivity contribution in [2.75, 3.05) is 0 Å². The average Bonchev–Trinajstić information content (AvgIpc) is 3.10. The van der Waals surface area contributed by atoms with Gasteiger partial charge in [0.2, 0.25) is 0 Å². The van der Waals surface area contributed by atoms with Gasteiger partial charge in [0, 0.05) is 45.6 Å². The fourth-order valence-electron chi connectivity index (χ4n) is 4.27. The Morgan fingerprint density at radius 1 is 0.645 bits per heavy atom. The number of aryl methyl sites for hydroxylation is 2. The summed E-state index contributed by atoms with van der Waals surface area (Å²) in [6.07, 6.45) is 0. The van der Waals surface area contributed by atoms with E-state index in [1.807, 2.05) is 61.6 Å². The fourth-order valence-corrected chi connectivity index (χ4v) is 4.27. The van der Waals surface area contributed by atoms with E-state index in [2.05, 4.69) is 29.7 Å². The lowest BCUT2D eigenvalue weighted by Crippen LogP contribution is -2.08. The second-order valence-electron chi connectivity index (χ2n) is 7.89. The van der Waals surface area contributed by atoms with E-state index in [9.17, 15) is 9.59 Å². The smallest absolute Gasteiger partial charge is 0.195 e. The number of aromatic nitrogens is 1. The molecule has 0 N–H and O–H groups in total. The highest BCUT2D eigenvalue weighted by Crippen LogP contribution is 2.34. The first-order valence-electron chi connectivity index (χ1n) is 10.3. The molecule has 1 aromatic heterocycles. The molecule has 0 aliphatic heterocycles. The second-order valence-corrected chi connectivity index (χ2v) is 7.89. The predicted octanol–water partition coefficient (Wildman–Crippen LogP) is 6.10. The third-order valence-corrected chi connectivity index (χ3v) is 5.83. The summed E-state index contributed by atoms with van der Waals surface area (Å²) >= 11 is 0. The molecule has 3 heteroatoms. The Kier molecular flexibility index (Phi) is 4.52. The van der Waals surface area contributed by atoms with Crippen LogP contribution in [0.3, 0.4) is 0 Å². The molecular formula is C28H21NO2. The maximum atomic E-state index is 13.5. The Balaban J connectivity index is 1.83. The van der Waals surface area contributed by atoms with Gasteiger partial charge in [-0.2, -0.15) is 0 Å². The zero-order valence-corrected chi connectivity index (χ0v) is 17.4. The summed E-state index contributed by atoms with van der Waals surface area (Å²) in [5.74, 6) is -0.176. The number of carbonyl (C=O) groups excluding carboxylic acids is 2. The molecule has 0 aliphatic rings. The summed E-state index contributed by atoms with van der Waals surface area (Å²) in [5, 5.41) is 1.95. The van der Waals surface area contributed by atoms with Crippen LogP contribution in [0.25, 0.3) is 21.8 Å². The van der Waals surface area contributed by atoms with Crippen molar-refractivity contribution in [3.63, 3.8) is 0 Å². The van der Waals surface area contributed by atoms with Crippen molar-refractivity contribution in [2.45, 2.75) is 6.92 Å². The van der Waals surface area contributed by atoms with Crippen molar-refractivity contribution in [3.8, 4) is 0 Å². The summed E-state index contributed by atoms with van der Waals surface area (Å²) in [7, 11) is 1.98. The summed E-state index contributed by atoms with van der Waals surface area (Å²) in [6, 6.07) is 28.3. The Labute approximate surface area is 180 Å². The van der Waals surface area contributed by atoms with Crippen molar-refractivity contribution in [1.82, 2.24) is 4.57 Å². The average molecular weight is 403 g/mol. The Hall–Kier alpha value is -3.98. The largest absolute Gasteiger partial charge is 0.343 e. The molecule has 31 heavy (non-hydrogen) atoms. The first-order chi connectivity index (χ1) is 15.0. The van der Waals surface area contributed by atoms with E-state index < -0.39 is 0 Å². The quantitative estimate of drug-likeness (QED) is 0.340. The van der Waals surface area contributed by atoms with Gasteiger partial charge in [-0.15, -0.1) is 0 Å². The number of hydrogen-bond acceptors (Lipinski definition) is 2. The van der Waals surface area contributed by atoms with E-state index in [1.54, 1.807) is 18.2 Å². The van der Waals surface area contributed by atoms with Crippen LogP contribution in [0, 0.1) is 6.92 Å². The molecule has 0 atom stereocenters. The molecule has 0 aliphatic carbocycles. The van der Waals surface area contributed by atoms with Crippen LogP contribution in [0.4, 0.5) is 0 Å². The lowest BCUT2D eigenvalue weighted by atomic mass is 9.94. The molecule has 5 rings (SSSR count). The number of rotatable bonds is 4. The number of benzene rings is 4. The first-order valence-corrected chi connectivity index (χ1v) is 10.3. The van der Waals surface area contributed by atoms with Crippen molar-refractivity contribution >= 4 is 33.4 Å². The van der Waals surface area contributed by atoms with Crippen LogP contribution in [-0.4, -0.2) is 16.1 Å². The second kappa shape index (κ2) is 7.37. The normalized spacial score (nSPS) is 11.2. The van der Waals surface area contributed by atoms with Crippen molar-refractivity contribution in [2.24, 2.45) is 7.05 Å². The van der Waals surface area contributed by atoms with Crippen LogP contribution in [-0.2, 0) is 7.05 Å². The monoisotopic (exact) mass is 403 g/mol. The first kappa shape index (κ1) is 19.0. The Morgan fingerprint density at radius 3 is 1.90 bits per heavy atom. The molecule has 0 bridgehead atoms. The summed E-state index contributed by atoms with van der Waals surface area (Å²) in [6.45, 7) is 2.05. The maximum absolute atomic E-state index is 13.5. The molecule has 150 valence electrons. The molecular weight excluding hydrogens is 382 g/mol. The van der Waals surface area contributed by atoms with Crippen molar-refractivity contribution in [1.29, 1.82) is 0 Å². The van der Waals surface area contributed by atoms with Crippen LogP contribution < -0.4 is 0 Å². The SMILES string of the molecule is Cc1ccc2c3cc(C(=O)c4ccccc4)cc(C(=O)c4ccccc4)c3n(C)c2c1. The minimum absolute atomic E-state index is 0.0871. The van der Waals surface area contributed by atoms with Crippen LogP contribution in [0.5, 0.6) is 0 Å². The van der Waals surface area contributed by atoms with Gasteiger partial charge < -0.3 is 4.57 Å². The number of fused-ring (bicyclic) bond motifs is 3. The number of carbonyl (C=O) groups is 2. The molecule has 5 aromatic rings. The van der Waals surface area contributed by atoms with Crippen molar-refractivity contribution < 1.29 is 9.59 Å². The van der Waals surface area contributed by atoms with E-state index in [4.69, 9.17) is 0 Å². The van der Waals surface area contributed by atoms with Gasteiger partial charge in [0.1, 0.15) is 0 Å². The van der Waals surface area contributed by atoms with Crippen LogP contribution in [0.2, 0.25) is 0 Å². The minimum atomic E-state index is -0.0891. The minimum Gasteiger partial charge on any atom is -0.343 e. The summed E-state index contributed by atoms with van der Waals surface area (Å²) < 4.78 is 2.06. The molecule has 0 unspecified atom stereocenters. The molecule has 0 radical (unpaired) electrons. The van der Waals surface area contributed by atoms with Gasteiger partial charge in [-0.25, -0.2) is 0 Å². The number of ketones is 2. The van der Waals surface area contributed by atoms with Gasteiger partial charge in [0.15, 0.2) is 11.6 Å². The summed E-state index contributed by atoms with van der Waals surface area (Å²) in [4.78, 5) is 26.8. The highest BCUT2D eigenvalue weighted by atomic mass is 16.1. The molecule has 0 fully saturated rings. The zero-order valence-electron chi connectivity index (χ0n) is 17.4. The molecule has 3 nitrogen and oxygen atoms in total. The van der Waals surface area contributed by atoms with Crippen LogP contribution in [0.1, 0.15) is 37.4 Å². The Morgan fingerprint density at radius 2 is 1.26 bits per heavy atom. The fraction of sp³-hybridized carbons (Fsp3) is 0.0714. The number of nitrogens with zero attached hydrogens (tertiary/aromatic N) is 1. The number of hydrogen-bond donors (Lipinski definition) is 0. The molecule has 0 spiro atoms. The van der Waals surface area contributed by atoms with Gasteiger partial charge in [-0.3, -0.25) is 9.59 Å². The van der Waals surface area contributed by atoms with Gasteiger partial charge >= 0.3 is 0 Å². The topological polar surface area (TPSA) is 39.1 Å². The van der Waals surface area contributed by atoms with Crippen LogP contribution >= 0.6 is 0 Å². The van der Waals surface area contributed by atoms with E-state index in [-0.39, 0.29) is 11.6 Å².